The van der Waals surface area contributed by atoms with Crippen molar-refractivity contribution in [3.8, 4) is 0 Å². The Kier molecular flexibility index (Phi) is 6.46. The zero-order valence-corrected chi connectivity index (χ0v) is 10.2. The Morgan fingerprint density at radius 2 is 1.76 bits per heavy atom. The maximum absolute atomic E-state index is 10.9. The fourth-order valence-electron chi connectivity index (χ4n) is 0.766. The minimum absolute atomic E-state index is 0.304. The Bertz CT molecular complexity index is 347. The molecule has 0 aliphatic rings. The molecule has 0 aromatic heterocycles. The summed E-state index contributed by atoms with van der Waals surface area (Å²) < 4.78 is 28.6. The first-order chi connectivity index (χ1) is 7.52. The normalized spacial score (nSPS) is 17.4. The van der Waals surface area contributed by atoms with Gasteiger partial charge in [0, 0.05) is 0 Å². The largest absolute Gasteiger partial charge is 0.481 e. The van der Waals surface area contributed by atoms with Crippen LogP contribution >= 0.6 is 15.6 Å². The van der Waals surface area contributed by atoms with E-state index in [1.54, 1.807) is 0 Å². The Morgan fingerprint density at radius 1 is 1.24 bits per heavy atom. The molecule has 0 spiro atoms. The van der Waals surface area contributed by atoms with E-state index in [-0.39, 0.29) is 6.42 Å². The third-order valence-electron chi connectivity index (χ3n) is 1.33. The minimum Gasteiger partial charge on any atom is -0.481 e. The predicted octanol–water partition coefficient (Wildman–Crippen LogP) is -0.562. The van der Waals surface area contributed by atoms with Crippen molar-refractivity contribution in [3.05, 3.63) is 0 Å². The van der Waals surface area contributed by atoms with Gasteiger partial charge in [-0.15, -0.1) is 0 Å². The lowest BCUT2D eigenvalue weighted by Crippen LogP contribution is -2.15. The van der Waals surface area contributed by atoms with Crippen LogP contribution in [0.25, 0.3) is 0 Å². The second-order valence-electron chi connectivity index (χ2n) is 2.91. The molecular formula is C5H12O10P2. The number of aliphatic hydroxyl groups excluding tert-OH is 1. The molecule has 0 aromatic rings. The highest BCUT2D eigenvalue weighted by Crippen LogP contribution is 2.57. The number of aliphatic carboxylic acids is 1. The second kappa shape index (κ2) is 6.58. The van der Waals surface area contributed by atoms with Gasteiger partial charge in [0.1, 0.15) is 0 Å². The van der Waals surface area contributed by atoms with Crippen molar-refractivity contribution in [2.24, 2.45) is 0 Å². The van der Waals surface area contributed by atoms with Gasteiger partial charge in [-0.05, 0) is 6.42 Å². The molecule has 2 atom stereocenters. The predicted molar refractivity (Wildman–Crippen MR) is 51.8 cm³/mol. The Balaban J connectivity index is 3.99. The van der Waals surface area contributed by atoms with Gasteiger partial charge in [0.2, 0.25) is 0 Å². The van der Waals surface area contributed by atoms with Crippen LogP contribution in [-0.2, 0) is 22.8 Å². The van der Waals surface area contributed by atoms with E-state index in [1.807, 2.05) is 0 Å². The van der Waals surface area contributed by atoms with Gasteiger partial charge < -0.3 is 24.9 Å². The zero-order valence-electron chi connectivity index (χ0n) is 8.37. The van der Waals surface area contributed by atoms with Crippen LogP contribution < -0.4 is 0 Å². The molecule has 0 rings (SSSR count). The molecule has 5 N–H and O–H groups in total. The summed E-state index contributed by atoms with van der Waals surface area (Å²) in [6, 6.07) is 0. The van der Waals surface area contributed by atoms with Gasteiger partial charge in [0.25, 0.3) is 0 Å². The van der Waals surface area contributed by atoms with Crippen LogP contribution in [0, 0.1) is 0 Å². The Labute approximate surface area is 95.7 Å². The summed E-state index contributed by atoms with van der Waals surface area (Å²) in [5.74, 6) is -1.27. The molecule has 0 aromatic carbocycles. The average Bonchev–Trinajstić information content (AvgIpc) is 1.95. The number of carboxylic acid groups (broad SMARTS) is 1. The summed E-state index contributed by atoms with van der Waals surface area (Å²) in [6.45, 7) is -0.595. The molecule has 0 saturated heterocycles. The van der Waals surface area contributed by atoms with Gasteiger partial charge in [-0.2, -0.15) is 4.31 Å². The van der Waals surface area contributed by atoms with Crippen LogP contribution in [0.3, 0.4) is 0 Å². The fraction of sp³-hybridized carbons (Fsp3) is 0.800. The maximum atomic E-state index is 10.9. The Hall–Kier alpha value is -0.310. The Morgan fingerprint density at radius 3 is 2.18 bits per heavy atom. The van der Waals surface area contributed by atoms with Crippen LogP contribution in [0.5, 0.6) is 0 Å². The molecule has 102 valence electrons. The van der Waals surface area contributed by atoms with E-state index in [1.165, 1.54) is 0 Å². The van der Waals surface area contributed by atoms with Gasteiger partial charge in [0.15, 0.2) is 0 Å². The van der Waals surface area contributed by atoms with Crippen molar-refractivity contribution in [1.29, 1.82) is 0 Å². The van der Waals surface area contributed by atoms with Crippen molar-refractivity contribution in [1.82, 2.24) is 0 Å². The third-order valence-corrected chi connectivity index (χ3v) is 3.51. The second-order valence-corrected chi connectivity index (χ2v) is 5.74. The van der Waals surface area contributed by atoms with Crippen LogP contribution in [0.2, 0.25) is 0 Å². The molecule has 0 bridgehead atoms. The zero-order chi connectivity index (χ0) is 13.7. The van der Waals surface area contributed by atoms with Gasteiger partial charge in [-0.25, -0.2) is 9.13 Å². The molecule has 0 saturated carbocycles. The monoisotopic (exact) mass is 294 g/mol. The van der Waals surface area contributed by atoms with E-state index in [0.717, 1.165) is 0 Å². The number of aliphatic hydroxyl groups is 1. The molecule has 0 aliphatic carbocycles. The number of hydrogen-bond donors (Lipinski definition) is 5. The van der Waals surface area contributed by atoms with Gasteiger partial charge in [0.05, 0.1) is 19.1 Å². The molecule has 0 heterocycles. The van der Waals surface area contributed by atoms with Gasteiger partial charge in [-0.1, -0.05) is 0 Å². The topological polar surface area (TPSA) is 171 Å². The summed E-state index contributed by atoms with van der Waals surface area (Å²) in [7, 11) is -10.1. The molecule has 10 nitrogen and oxygen atoms in total. The lowest BCUT2D eigenvalue weighted by atomic mass is 10.2. The first-order valence-corrected chi connectivity index (χ1v) is 7.18. The highest BCUT2D eigenvalue weighted by Gasteiger charge is 2.32. The van der Waals surface area contributed by atoms with Crippen molar-refractivity contribution in [2.45, 2.75) is 18.9 Å². The molecular weight excluding hydrogens is 282 g/mol. The molecule has 0 radical (unpaired) electrons. The highest BCUT2D eigenvalue weighted by atomic mass is 31.3. The van der Waals surface area contributed by atoms with E-state index in [0.29, 0.717) is 0 Å². The first-order valence-electron chi connectivity index (χ1n) is 4.16. The summed E-state index contributed by atoms with van der Waals surface area (Å²) in [4.78, 5) is 35.4. The van der Waals surface area contributed by atoms with E-state index in [9.17, 15) is 13.9 Å². The fourth-order valence-corrected chi connectivity index (χ4v) is 2.37. The van der Waals surface area contributed by atoms with Crippen LogP contribution in [0.1, 0.15) is 12.8 Å². The van der Waals surface area contributed by atoms with Crippen molar-refractivity contribution < 1.29 is 47.7 Å². The number of rotatable bonds is 8. The number of phosphoric acid groups is 2. The molecule has 2 unspecified atom stereocenters. The summed E-state index contributed by atoms with van der Waals surface area (Å²) in [6.07, 6.45) is -2.19. The summed E-state index contributed by atoms with van der Waals surface area (Å²) >= 11 is 0. The van der Waals surface area contributed by atoms with Crippen LogP contribution in [-0.4, -0.2) is 43.6 Å². The molecule has 0 fully saturated rings. The van der Waals surface area contributed by atoms with Crippen LogP contribution in [0.15, 0.2) is 0 Å². The van der Waals surface area contributed by atoms with Crippen LogP contribution in [0.4, 0.5) is 0 Å². The first kappa shape index (κ1) is 16.7. The molecule has 17 heavy (non-hydrogen) atoms. The van der Waals surface area contributed by atoms with Crippen molar-refractivity contribution >= 4 is 21.6 Å². The van der Waals surface area contributed by atoms with Crippen molar-refractivity contribution in [2.75, 3.05) is 6.61 Å². The average molecular weight is 294 g/mol. The summed E-state index contributed by atoms with van der Waals surface area (Å²) in [5.41, 5.74) is 0. The molecule has 12 heteroatoms. The number of carbonyl (C=O) groups is 1. The minimum atomic E-state index is -5.17. The standard InChI is InChI=1S/C5H12O10P2/c6-4(3-5(7)8)1-2-14-17(12,13)15-16(9,10)11/h4,6H,1-3H2,(H,7,8)(H,12,13)(H2,9,10,11). The maximum Gasteiger partial charge on any atom is 0.481 e. The number of phosphoric ester groups is 1. The van der Waals surface area contributed by atoms with E-state index in [2.05, 4.69) is 8.83 Å². The number of hydrogen-bond acceptors (Lipinski definition) is 6. The summed E-state index contributed by atoms with van der Waals surface area (Å²) in [5, 5.41) is 17.3. The third kappa shape index (κ3) is 10.6. The lowest BCUT2D eigenvalue weighted by molar-refractivity contribution is -0.139. The highest BCUT2D eigenvalue weighted by molar-refractivity contribution is 7.60. The SMILES string of the molecule is O=C(O)CC(O)CCOP(=O)(O)OP(=O)(O)O. The lowest BCUT2D eigenvalue weighted by Gasteiger charge is -2.13. The molecule has 0 amide bonds. The van der Waals surface area contributed by atoms with Gasteiger partial charge >= 0.3 is 21.6 Å². The smallest absolute Gasteiger partial charge is 0.481 e. The van der Waals surface area contributed by atoms with E-state index < -0.39 is 40.7 Å². The number of carboxylic acids is 1. The molecule has 0 aliphatic heterocycles. The quantitative estimate of drug-likeness (QED) is 0.365. The van der Waals surface area contributed by atoms with Gasteiger partial charge in [-0.3, -0.25) is 9.32 Å². The van der Waals surface area contributed by atoms with E-state index >= 15 is 0 Å². The van der Waals surface area contributed by atoms with E-state index in [4.69, 9.17) is 24.9 Å². The van der Waals surface area contributed by atoms with Crippen molar-refractivity contribution in [3.63, 3.8) is 0 Å².